The molecular weight excluding hydrogens is 262 g/mol. The van der Waals surface area contributed by atoms with Gasteiger partial charge in [0.2, 0.25) is 5.91 Å². The quantitative estimate of drug-likeness (QED) is 0.838. The van der Waals surface area contributed by atoms with E-state index in [9.17, 15) is 4.79 Å². The number of carbonyl (C=O) groups excluding carboxylic acids is 1. The second kappa shape index (κ2) is 6.58. The molecule has 2 aliphatic rings. The predicted octanol–water partition coefficient (Wildman–Crippen LogP) is 1.75. The van der Waals surface area contributed by atoms with Gasteiger partial charge in [0, 0.05) is 24.7 Å². The van der Waals surface area contributed by atoms with E-state index >= 15 is 0 Å². The molecule has 0 aromatic heterocycles. The normalized spacial score (nSPS) is 19.9. The first-order valence-electron chi connectivity index (χ1n) is 8.06. The molecule has 1 saturated carbocycles. The summed E-state index contributed by atoms with van der Waals surface area (Å²) in [5.41, 5.74) is 7.19. The largest absolute Gasteiger partial charge is 0.366 e. The molecule has 4 heteroatoms. The fourth-order valence-corrected chi connectivity index (χ4v) is 3.24. The molecular formula is C17H25N3O. The summed E-state index contributed by atoms with van der Waals surface area (Å²) < 4.78 is 0. The third-order valence-electron chi connectivity index (χ3n) is 4.61. The van der Waals surface area contributed by atoms with E-state index in [1.54, 1.807) is 6.07 Å². The van der Waals surface area contributed by atoms with Gasteiger partial charge in [-0.3, -0.25) is 9.69 Å². The highest BCUT2D eigenvalue weighted by Crippen LogP contribution is 2.30. The molecule has 3 N–H and O–H groups in total. The number of benzene rings is 1. The van der Waals surface area contributed by atoms with E-state index in [1.165, 1.54) is 37.8 Å². The Morgan fingerprint density at radius 2 is 2.00 bits per heavy atom. The van der Waals surface area contributed by atoms with Gasteiger partial charge in [0.25, 0.3) is 0 Å². The molecule has 1 amide bonds. The maximum absolute atomic E-state index is 11.3. The first-order valence-corrected chi connectivity index (χ1v) is 8.06. The van der Waals surface area contributed by atoms with Crippen LogP contribution in [0.5, 0.6) is 0 Å². The van der Waals surface area contributed by atoms with Crippen molar-refractivity contribution in [2.75, 3.05) is 19.6 Å². The van der Waals surface area contributed by atoms with Crippen LogP contribution in [0.3, 0.4) is 0 Å². The number of nitrogens with zero attached hydrogens (tertiary/aromatic N) is 1. The topological polar surface area (TPSA) is 58.4 Å². The monoisotopic (exact) mass is 287 g/mol. The van der Waals surface area contributed by atoms with Gasteiger partial charge in [-0.1, -0.05) is 12.1 Å². The summed E-state index contributed by atoms with van der Waals surface area (Å²) in [5.74, 6) is 0.472. The van der Waals surface area contributed by atoms with Crippen LogP contribution >= 0.6 is 0 Å². The van der Waals surface area contributed by atoms with Crippen LogP contribution < -0.4 is 11.1 Å². The van der Waals surface area contributed by atoms with Gasteiger partial charge in [0.1, 0.15) is 0 Å². The summed E-state index contributed by atoms with van der Waals surface area (Å²) in [5, 5.41) is 3.43. The first kappa shape index (κ1) is 14.5. The van der Waals surface area contributed by atoms with Gasteiger partial charge in [-0.05, 0) is 62.4 Å². The van der Waals surface area contributed by atoms with Crippen LogP contribution in [0.25, 0.3) is 0 Å². The highest BCUT2D eigenvalue weighted by molar-refractivity contribution is 5.92. The smallest absolute Gasteiger partial charge is 0.248 e. The van der Waals surface area contributed by atoms with E-state index in [0.717, 1.165) is 31.6 Å². The Hall–Kier alpha value is -1.39. The molecule has 21 heavy (non-hydrogen) atoms. The molecule has 0 atom stereocenters. The molecule has 0 spiro atoms. The van der Waals surface area contributed by atoms with Crippen molar-refractivity contribution in [1.29, 1.82) is 0 Å². The van der Waals surface area contributed by atoms with Gasteiger partial charge in [-0.15, -0.1) is 0 Å². The summed E-state index contributed by atoms with van der Waals surface area (Å²) in [4.78, 5) is 13.9. The van der Waals surface area contributed by atoms with Crippen molar-refractivity contribution in [2.24, 2.45) is 11.7 Å². The molecule has 4 nitrogen and oxygen atoms in total. The molecule has 0 unspecified atom stereocenters. The van der Waals surface area contributed by atoms with Crippen LogP contribution in [0.1, 0.15) is 41.6 Å². The molecule has 1 aromatic carbocycles. The van der Waals surface area contributed by atoms with Crippen LogP contribution in [0, 0.1) is 5.92 Å². The highest BCUT2D eigenvalue weighted by atomic mass is 16.1. The Balaban J connectivity index is 1.64. The number of nitrogens with one attached hydrogen (secondary N) is 1. The Morgan fingerprint density at radius 1 is 1.24 bits per heavy atom. The lowest BCUT2D eigenvalue weighted by Crippen LogP contribution is -2.37. The molecule has 114 valence electrons. The Labute approximate surface area is 126 Å². The van der Waals surface area contributed by atoms with Gasteiger partial charge in [-0.25, -0.2) is 0 Å². The Kier molecular flexibility index (Phi) is 4.56. The minimum absolute atomic E-state index is 0.340. The number of nitrogens with two attached hydrogens (primary N) is 1. The molecule has 2 fully saturated rings. The van der Waals surface area contributed by atoms with Crippen molar-refractivity contribution in [1.82, 2.24) is 10.2 Å². The summed E-state index contributed by atoms with van der Waals surface area (Å²) in [6.07, 6.45) is 5.20. The number of primary amides is 1. The average Bonchev–Trinajstić information content (AvgIpc) is 3.33. The van der Waals surface area contributed by atoms with Crippen molar-refractivity contribution in [2.45, 2.75) is 38.3 Å². The first-order chi connectivity index (χ1) is 10.2. The SMILES string of the molecule is NC(=O)c1cccc(CN(CC2CCNCC2)C2CC2)c1. The lowest BCUT2D eigenvalue weighted by atomic mass is 9.97. The maximum Gasteiger partial charge on any atom is 0.248 e. The average molecular weight is 287 g/mol. The number of hydrogen-bond donors (Lipinski definition) is 2. The second-order valence-electron chi connectivity index (χ2n) is 6.42. The van der Waals surface area contributed by atoms with E-state index in [1.807, 2.05) is 12.1 Å². The third kappa shape index (κ3) is 4.05. The zero-order valence-electron chi connectivity index (χ0n) is 12.6. The van der Waals surface area contributed by atoms with Gasteiger partial charge >= 0.3 is 0 Å². The highest BCUT2D eigenvalue weighted by Gasteiger charge is 2.30. The summed E-state index contributed by atoms with van der Waals surface area (Å²) in [6, 6.07) is 8.52. The zero-order valence-corrected chi connectivity index (χ0v) is 12.6. The van der Waals surface area contributed by atoms with E-state index in [0.29, 0.717) is 5.56 Å². The number of piperidine rings is 1. The molecule has 0 bridgehead atoms. The minimum Gasteiger partial charge on any atom is -0.366 e. The van der Waals surface area contributed by atoms with Crippen LogP contribution in [-0.2, 0) is 6.54 Å². The van der Waals surface area contributed by atoms with E-state index in [2.05, 4.69) is 16.3 Å². The van der Waals surface area contributed by atoms with Gasteiger partial charge < -0.3 is 11.1 Å². The molecule has 1 aliphatic heterocycles. The Morgan fingerprint density at radius 3 is 2.67 bits per heavy atom. The summed E-state index contributed by atoms with van der Waals surface area (Å²) >= 11 is 0. The third-order valence-corrected chi connectivity index (χ3v) is 4.61. The summed E-state index contributed by atoms with van der Waals surface area (Å²) in [7, 11) is 0. The Bertz CT molecular complexity index is 493. The van der Waals surface area contributed by atoms with E-state index in [-0.39, 0.29) is 5.91 Å². The van der Waals surface area contributed by atoms with Gasteiger partial charge in [0.15, 0.2) is 0 Å². The molecule has 1 saturated heterocycles. The lowest BCUT2D eigenvalue weighted by Gasteiger charge is -2.30. The molecule has 1 heterocycles. The number of hydrogen-bond acceptors (Lipinski definition) is 3. The number of rotatable bonds is 6. The minimum atomic E-state index is -0.340. The van der Waals surface area contributed by atoms with Crippen LogP contribution in [0.4, 0.5) is 0 Å². The van der Waals surface area contributed by atoms with Gasteiger partial charge in [-0.2, -0.15) is 0 Å². The molecule has 1 aliphatic carbocycles. The van der Waals surface area contributed by atoms with Gasteiger partial charge in [0.05, 0.1) is 0 Å². The van der Waals surface area contributed by atoms with Crippen LogP contribution in [0.15, 0.2) is 24.3 Å². The standard InChI is InChI=1S/C17H25N3O/c18-17(21)15-3-1-2-14(10-15)12-20(16-4-5-16)11-13-6-8-19-9-7-13/h1-3,10,13,16,19H,4-9,11-12H2,(H2,18,21). The lowest BCUT2D eigenvalue weighted by molar-refractivity contribution is 0.1000. The maximum atomic E-state index is 11.3. The van der Waals surface area contributed by atoms with Crippen molar-refractivity contribution in [3.63, 3.8) is 0 Å². The number of amides is 1. The molecule has 0 radical (unpaired) electrons. The van der Waals surface area contributed by atoms with E-state index in [4.69, 9.17) is 5.73 Å². The van der Waals surface area contributed by atoms with Crippen LogP contribution in [0.2, 0.25) is 0 Å². The zero-order chi connectivity index (χ0) is 14.7. The van der Waals surface area contributed by atoms with Crippen molar-refractivity contribution in [3.8, 4) is 0 Å². The predicted molar refractivity (Wildman–Crippen MR) is 84.0 cm³/mol. The summed E-state index contributed by atoms with van der Waals surface area (Å²) in [6.45, 7) is 4.43. The van der Waals surface area contributed by atoms with Crippen LogP contribution in [-0.4, -0.2) is 36.5 Å². The van der Waals surface area contributed by atoms with E-state index < -0.39 is 0 Å². The molecule has 1 aromatic rings. The fourth-order valence-electron chi connectivity index (χ4n) is 3.24. The second-order valence-corrected chi connectivity index (χ2v) is 6.42. The fraction of sp³-hybridized carbons (Fsp3) is 0.588. The van der Waals surface area contributed by atoms with Crippen molar-refractivity contribution in [3.05, 3.63) is 35.4 Å². The molecule has 3 rings (SSSR count). The van der Waals surface area contributed by atoms with Crippen molar-refractivity contribution < 1.29 is 4.79 Å². The number of carbonyl (C=O) groups is 1. The van der Waals surface area contributed by atoms with Crippen molar-refractivity contribution >= 4 is 5.91 Å².